The van der Waals surface area contributed by atoms with Crippen LogP contribution in [-0.2, 0) is 0 Å². The van der Waals surface area contributed by atoms with E-state index in [9.17, 15) is 4.79 Å². The van der Waals surface area contributed by atoms with Gasteiger partial charge >= 0.3 is 5.97 Å². The Morgan fingerprint density at radius 2 is 1.70 bits per heavy atom. The first kappa shape index (κ1) is 6.61. The molecule has 0 bridgehead atoms. The smallest absolute Gasteiger partial charge is 0.335 e. The molecular formula is C7H6O3. The van der Waals surface area contributed by atoms with Gasteiger partial charge in [0, 0.05) is 0 Å². The molecule has 1 aromatic carbocycles. The number of rotatable bonds is 1. The minimum Gasteiger partial charge on any atom is -0.508 e. The van der Waals surface area contributed by atoms with Gasteiger partial charge in [0.1, 0.15) is 5.75 Å². The largest absolute Gasteiger partial charge is 0.508 e. The summed E-state index contributed by atoms with van der Waals surface area (Å²) in [6, 6.07) is 5.36. The molecule has 0 saturated heterocycles. The van der Waals surface area contributed by atoms with Crippen molar-refractivity contribution in [3.8, 4) is 5.75 Å². The zero-order valence-electron chi connectivity index (χ0n) is 5.11. The Bertz CT molecular complexity index is 238. The van der Waals surface area contributed by atoms with Crippen molar-refractivity contribution >= 4 is 5.97 Å². The van der Waals surface area contributed by atoms with Crippen molar-refractivity contribution in [2.45, 2.75) is 0 Å². The van der Waals surface area contributed by atoms with Gasteiger partial charge < -0.3 is 10.2 Å². The first-order valence-corrected chi connectivity index (χ1v) is 2.72. The van der Waals surface area contributed by atoms with Crippen LogP contribution in [0.2, 0.25) is 0 Å². The van der Waals surface area contributed by atoms with Crippen LogP contribution >= 0.6 is 0 Å². The van der Waals surface area contributed by atoms with E-state index < -0.39 is 5.97 Å². The molecule has 0 amide bonds. The van der Waals surface area contributed by atoms with Crippen molar-refractivity contribution < 1.29 is 15.0 Å². The first-order valence-electron chi connectivity index (χ1n) is 2.72. The van der Waals surface area contributed by atoms with Crippen LogP contribution in [0.5, 0.6) is 5.75 Å². The van der Waals surface area contributed by atoms with Crippen LogP contribution in [0.4, 0.5) is 0 Å². The van der Waals surface area contributed by atoms with Crippen LogP contribution in [0.3, 0.4) is 0 Å². The molecule has 0 spiro atoms. The predicted molar refractivity (Wildman–Crippen MR) is 35.1 cm³/mol. The lowest BCUT2D eigenvalue weighted by atomic mass is 10.3. The van der Waals surface area contributed by atoms with E-state index in [1.54, 1.807) is 0 Å². The fraction of sp³-hybridized carbons (Fsp3) is 0. The van der Waals surface area contributed by atoms with Gasteiger partial charge in [0.15, 0.2) is 0 Å². The molecule has 0 atom stereocenters. The van der Waals surface area contributed by atoms with E-state index in [2.05, 4.69) is 0 Å². The van der Waals surface area contributed by atoms with E-state index in [1.165, 1.54) is 24.3 Å². The molecule has 0 aliphatic carbocycles. The van der Waals surface area contributed by atoms with E-state index in [0.717, 1.165) is 0 Å². The predicted octanol–water partition coefficient (Wildman–Crippen LogP) is 1.09. The third-order valence-electron chi connectivity index (χ3n) is 1.11. The Balaban J connectivity index is 3.00. The van der Waals surface area contributed by atoms with Crippen molar-refractivity contribution in [2.75, 3.05) is 0 Å². The molecule has 3 nitrogen and oxygen atoms in total. The van der Waals surface area contributed by atoms with Gasteiger partial charge in [-0.25, -0.2) is 4.79 Å². The van der Waals surface area contributed by atoms with Gasteiger partial charge in [-0.05, 0) is 24.3 Å². The number of phenols is 1. The van der Waals surface area contributed by atoms with Crippen LogP contribution in [0.1, 0.15) is 10.4 Å². The highest BCUT2D eigenvalue weighted by Gasteiger charge is 1.99. The number of aromatic hydroxyl groups is 1. The van der Waals surface area contributed by atoms with Gasteiger partial charge in [-0.2, -0.15) is 0 Å². The molecule has 52 valence electrons. The lowest BCUT2D eigenvalue weighted by molar-refractivity contribution is 0.0697. The fourth-order valence-corrected chi connectivity index (χ4v) is 0.604. The van der Waals surface area contributed by atoms with Crippen molar-refractivity contribution in [3.63, 3.8) is 0 Å². The fourth-order valence-electron chi connectivity index (χ4n) is 0.604. The molecule has 0 saturated carbocycles. The number of phenolic OH excluding ortho intramolecular Hbond substituents is 1. The number of carboxylic acids is 1. The van der Waals surface area contributed by atoms with Crippen LogP contribution in [0.25, 0.3) is 0 Å². The van der Waals surface area contributed by atoms with Crippen molar-refractivity contribution in [3.05, 3.63) is 29.8 Å². The molecular weight excluding hydrogens is 134 g/mol. The molecule has 0 aromatic heterocycles. The normalized spacial score (nSPS) is 9.20. The summed E-state index contributed by atoms with van der Waals surface area (Å²) in [5.74, 6) is -0.912. The quantitative estimate of drug-likeness (QED) is 0.613. The number of carboxylic acid groups (broad SMARTS) is 1. The Kier molecular flexibility index (Phi) is 1.58. The Morgan fingerprint density at radius 3 is 2.10 bits per heavy atom. The standard InChI is InChI=1S/C7H6O3/c8-6-3-1-5(2-4-6)7(9)10/h1-4,8H,(H,9,10)/i7+2. The summed E-state index contributed by atoms with van der Waals surface area (Å²) in [7, 11) is 0. The van der Waals surface area contributed by atoms with Crippen LogP contribution in [0.15, 0.2) is 24.3 Å². The molecule has 3 heteroatoms. The number of hydrogen-bond acceptors (Lipinski definition) is 2. The maximum atomic E-state index is 10.2. The number of hydrogen-bond donors (Lipinski definition) is 2. The zero-order chi connectivity index (χ0) is 7.56. The molecule has 10 heavy (non-hydrogen) atoms. The molecule has 1 aromatic rings. The lowest BCUT2D eigenvalue weighted by Gasteiger charge is -1.92. The van der Waals surface area contributed by atoms with E-state index in [1.807, 2.05) is 0 Å². The van der Waals surface area contributed by atoms with E-state index in [-0.39, 0.29) is 11.3 Å². The minimum atomic E-state index is -0.986. The van der Waals surface area contributed by atoms with E-state index in [0.29, 0.717) is 0 Å². The van der Waals surface area contributed by atoms with Crippen molar-refractivity contribution in [1.82, 2.24) is 0 Å². The van der Waals surface area contributed by atoms with Gasteiger partial charge in [-0.1, -0.05) is 0 Å². The zero-order valence-corrected chi connectivity index (χ0v) is 5.11. The lowest BCUT2D eigenvalue weighted by Crippen LogP contribution is -1.93. The second-order valence-electron chi connectivity index (χ2n) is 1.85. The summed E-state index contributed by atoms with van der Waals surface area (Å²) < 4.78 is 0. The minimum absolute atomic E-state index is 0.0741. The van der Waals surface area contributed by atoms with Gasteiger partial charge in [0.2, 0.25) is 0 Å². The molecule has 1 rings (SSSR count). The molecule has 0 fully saturated rings. The van der Waals surface area contributed by atoms with Gasteiger partial charge in [-0.15, -0.1) is 0 Å². The highest BCUT2D eigenvalue weighted by Crippen LogP contribution is 2.08. The van der Waals surface area contributed by atoms with Crippen molar-refractivity contribution in [1.29, 1.82) is 0 Å². The molecule has 0 aliphatic rings. The van der Waals surface area contributed by atoms with Gasteiger partial charge in [0.25, 0.3) is 0 Å². The van der Waals surface area contributed by atoms with Crippen LogP contribution in [0, 0.1) is 0 Å². The molecule has 0 radical (unpaired) electrons. The van der Waals surface area contributed by atoms with Crippen molar-refractivity contribution in [2.24, 2.45) is 0 Å². The number of carbonyl (C=O) groups is 1. The highest BCUT2D eigenvalue weighted by molar-refractivity contribution is 5.87. The SMILES string of the molecule is O=[14C](O)c1ccc(O)cc1. The highest BCUT2D eigenvalue weighted by atomic mass is 16.6. The van der Waals surface area contributed by atoms with E-state index in [4.69, 9.17) is 10.2 Å². The Labute approximate surface area is 57.5 Å². The molecule has 2 N–H and O–H groups in total. The second-order valence-corrected chi connectivity index (χ2v) is 1.85. The summed E-state index contributed by atoms with van der Waals surface area (Å²) in [6.45, 7) is 0. The number of benzene rings is 1. The Hall–Kier alpha value is -1.51. The molecule has 0 unspecified atom stereocenters. The summed E-state index contributed by atoms with van der Waals surface area (Å²) in [6.07, 6.45) is 0. The van der Waals surface area contributed by atoms with Crippen LogP contribution < -0.4 is 0 Å². The maximum Gasteiger partial charge on any atom is 0.335 e. The maximum absolute atomic E-state index is 10.2. The third kappa shape index (κ3) is 1.25. The first-order chi connectivity index (χ1) is 4.70. The average Bonchev–Trinajstić information content (AvgIpc) is 1.88. The summed E-state index contributed by atoms with van der Waals surface area (Å²) in [5.41, 5.74) is 0.179. The summed E-state index contributed by atoms with van der Waals surface area (Å²) >= 11 is 0. The second kappa shape index (κ2) is 2.39. The van der Waals surface area contributed by atoms with Gasteiger partial charge in [0.05, 0.1) is 5.56 Å². The third-order valence-corrected chi connectivity index (χ3v) is 1.11. The van der Waals surface area contributed by atoms with Crippen LogP contribution in [-0.4, -0.2) is 16.2 Å². The Morgan fingerprint density at radius 1 is 1.20 bits per heavy atom. The topological polar surface area (TPSA) is 57.5 Å². The summed E-state index contributed by atoms with van der Waals surface area (Å²) in [4.78, 5) is 10.2. The van der Waals surface area contributed by atoms with E-state index >= 15 is 0 Å². The monoisotopic (exact) mass is 140 g/mol. The molecule has 0 aliphatic heterocycles. The number of aromatic carboxylic acids is 1. The average molecular weight is 140 g/mol. The molecule has 0 heterocycles. The van der Waals surface area contributed by atoms with Gasteiger partial charge in [-0.3, -0.25) is 0 Å². The summed E-state index contributed by atoms with van der Waals surface area (Å²) in [5, 5.41) is 17.1.